The molecule has 3 unspecified atom stereocenters. The fraction of sp³-hybridized carbons (Fsp3) is 0.731. The number of amides is 1. The van der Waals surface area contributed by atoms with Crippen LogP contribution < -0.4 is 11.1 Å². The first kappa shape index (κ1) is 22.6. The number of fused-ring (bicyclic) bond motifs is 2. The molecule has 4 saturated carbocycles. The number of hydrogen-bond acceptors (Lipinski definition) is 4. The molecule has 0 saturated heterocycles. The molecule has 0 aliphatic heterocycles. The summed E-state index contributed by atoms with van der Waals surface area (Å²) in [5, 5.41) is 13.2. The van der Waals surface area contributed by atoms with Crippen LogP contribution >= 0.6 is 11.6 Å². The molecular weight excluding hydrogens is 422 g/mol. The van der Waals surface area contributed by atoms with Crippen LogP contribution in [0.2, 0.25) is 5.02 Å². The van der Waals surface area contributed by atoms with Crippen molar-refractivity contribution in [2.75, 3.05) is 26.2 Å². The lowest BCUT2D eigenvalue weighted by Gasteiger charge is -2.40. The molecule has 3 bridgehead atoms. The van der Waals surface area contributed by atoms with Crippen molar-refractivity contribution in [2.24, 2.45) is 28.9 Å². The van der Waals surface area contributed by atoms with E-state index in [4.69, 9.17) is 17.3 Å². The predicted octanol–water partition coefficient (Wildman–Crippen LogP) is 3.96. The maximum Gasteiger partial charge on any atom is 0.252 e. The maximum absolute atomic E-state index is 13.2. The van der Waals surface area contributed by atoms with Crippen molar-refractivity contribution in [2.45, 2.75) is 69.9 Å². The molecular formula is C26H38ClN3O2. The Morgan fingerprint density at radius 2 is 2.03 bits per heavy atom. The first-order valence-electron chi connectivity index (χ1n) is 12.6. The molecule has 6 heteroatoms. The van der Waals surface area contributed by atoms with E-state index in [9.17, 15) is 9.90 Å². The van der Waals surface area contributed by atoms with Gasteiger partial charge in [-0.3, -0.25) is 9.69 Å². The third kappa shape index (κ3) is 4.86. The molecule has 0 spiro atoms. The Labute approximate surface area is 197 Å². The average molecular weight is 460 g/mol. The Morgan fingerprint density at radius 1 is 1.22 bits per heavy atom. The summed E-state index contributed by atoms with van der Waals surface area (Å²) in [7, 11) is 0. The molecule has 5 nitrogen and oxygen atoms in total. The van der Waals surface area contributed by atoms with Gasteiger partial charge in [0.05, 0.1) is 17.2 Å². The highest BCUT2D eigenvalue weighted by Gasteiger charge is 2.49. The zero-order valence-corrected chi connectivity index (χ0v) is 19.9. The van der Waals surface area contributed by atoms with E-state index in [1.165, 1.54) is 44.9 Å². The van der Waals surface area contributed by atoms with Crippen molar-refractivity contribution >= 4 is 17.5 Å². The van der Waals surface area contributed by atoms with E-state index in [2.05, 4.69) is 10.2 Å². The highest BCUT2D eigenvalue weighted by Crippen LogP contribution is 2.58. The third-order valence-electron chi connectivity index (χ3n) is 8.79. The first-order valence-corrected chi connectivity index (χ1v) is 12.9. The minimum Gasteiger partial charge on any atom is -0.395 e. The highest BCUT2D eigenvalue weighted by atomic mass is 35.5. The summed E-state index contributed by atoms with van der Waals surface area (Å²) in [5.74, 6) is 2.64. The molecule has 1 aromatic rings. The molecule has 0 aromatic heterocycles. The molecule has 4 atom stereocenters. The second-order valence-electron chi connectivity index (χ2n) is 11.5. The fourth-order valence-corrected chi connectivity index (χ4v) is 7.32. The van der Waals surface area contributed by atoms with Gasteiger partial charge in [-0.05, 0) is 85.8 Å². The number of halogens is 1. The van der Waals surface area contributed by atoms with Crippen LogP contribution in [0.15, 0.2) is 18.2 Å². The van der Waals surface area contributed by atoms with Crippen LogP contribution in [0.4, 0.5) is 0 Å². The fourth-order valence-electron chi connectivity index (χ4n) is 7.12. The molecule has 0 heterocycles. The summed E-state index contributed by atoms with van der Waals surface area (Å²) < 4.78 is 0. The lowest BCUT2D eigenvalue weighted by Crippen LogP contribution is -2.41. The number of carbonyl (C=O) groups excluding carboxylic acids is 1. The van der Waals surface area contributed by atoms with E-state index in [-0.39, 0.29) is 23.5 Å². The molecule has 32 heavy (non-hydrogen) atoms. The van der Waals surface area contributed by atoms with Gasteiger partial charge >= 0.3 is 0 Å². The van der Waals surface area contributed by atoms with Crippen molar-refractivity contribution in [1.82, 2.24) is 10.2 Å². The second kappa shape index (κ2) is 8.90. The number of nitrogens with two attached hydrogens (primary N) is 1. The van der Waals surface area contributed by atoms with Gasteiger partial charge in [0, 0.05) is 31.7 Å². The van der Waals surface area contributed by atoms with Gasteiger partial charge in [0.2, 0.25) is 0 Å². The molecule has 5 rings (SSSR count). The number of carbonyl (C=O) groups is 1. The summed E-state index contributed by atoms with van der Waals surface area (Å²) in [4.78, 5) is 15.4. The van der Waals surface area contributed by atoms with E-state index in [0.717, 1.165) is 49.2 Å². The Hall–Kier alpha value is -1.14. The normalized spacial score (nSPS) is 32.2. The number of rotatable bonds is 9. The Morgan fingerprint density at radius 3 is 2.81 bits per heavy atom. The number of nitrogens with one attached hydrogen (secondary N) is 1. The zero-order valence-electron chi connectivity index (χ0n) is 19.1. The van der Waals surface area contributed by atoms with E-state index in [1.807, 2.05) is 18.2 Å². The van der Waals surface area contributed by atoms with Crippen LogP contribution in [0.25, 0.3) is 0 Å². The second-order valence-corrected chi connectivity index (χ2v) is 11.9. The van der Waals surface area contributed by atoms with Gasteiger partial charge in [0.25, 0.3) is 5.91 Å². The van der Waals surface area contributed by atoms with Crippen LogP contribution in [0.3, 0.4) is 0 Å². The lowest BCUT2D eigenvalue weighted by atomic mass is 9.67. The maximum atomic E-state index is 13.2. The van der Waals surface area contributed by atoms with E-state index < -0.39 is 0 Å². The number of aliphatic hydroxyl groups is 1. The minimum atomic E-state index is -0.113. The van der Waals surface area contributed by atoms with Crippen molar-refractivity contribution < 1.29 is 9.90 Å². The number of nitrogens with zero attached hydrogens (tertiary/aromatic N) is 1. The van der Waals surface area contributed by atoms with Crippen LogP contribution in [-0.2, 0) is 6.54 Å². The van der Waals surface area contributed by atoms with Gasteiger partial charge in [-0.2, -0.15) is 0 Å². The molecule has 0 radical (unpaired) electrons. The number of benzene rings is 1. The monoisotopic (exact) mass is 459 g/mol. The van der Waals surface area contributed by atoms with Crippen LogP contribution in [0, 0.1) is 23.2 Å². The molecule has 4 N–H and O–H groups in total. The molecule has 4 fully saturated rings. The van der Waals surface area contributed by atoms with Crippen molar-refractivity contribution in [3.63, 3.8) is 0 Å². The van der Waals surface area contributed by atoms with Crippen LogP contribution in [0.1, 0.15) is 73.7 Å². The summed E-state index contributed by atoms with van der Waals surface area (Å²) in [6.07, 6.45) is 11.4. The highest BCUT2D eigenvalue weighted by molar-refractivity contribution is 6.33. The van der Waals surface area contributed by atoms with Gasteiger partial charge in [-0.15, -0.1) is 0 Å². The minimum absolute atomic E-state index is 0.0591. The van der Waals surface area contributed by atoms with E-state index in [0.29, 0.717) is 23.7 Å². The largest absolute Gasteiger partial charge is 0.395 e. The van der Waals surface area contributed by atoms with Crippen molar-refractivity contribution in [3.8, 4) is 0 Å². The quantitative estimate of drug-likeness (QED) is 0.522. The predicted molar refractivity (Wildman–Crippen MR) is 128 cm³/mol. The lowest BCUT2D eigenvalue weighted by molar-refractivity contribution is 0.0853. The topological polar surface area (TPSA) is 78.6 Å². The average Bonchev–Trinajstić information content (AvgIpc) is 3.42. The molecule has 4 aliphatic carbocycles. The van der Waals surface area contributed by atoms with Gasteiger partial charge < -0.3 is 16.2 Å². The summed E-state index contributed by atoms with van der Waals surface area (Å²) in [6, 6.07) is 5.72. The van der Waals surface area contributed by atoms with Crippen molar-refractivity contribution in [3.05, 3.63) is 34.3 Å². The van der Waals surface area contributed by atoms with Gasteiger partial charge in [-0.25, -0.2) is 0 Å². The Kier molecular flexibility index (Phi) is 6.30. The Bertz CT molecular complexity index is 857. The number of hydrogen-bond donors (Lipinski definition) is 3. The van der Waals surface area contributed by atoms with Gasteiger partial charge in [0.15, 0.2) is 0 Å². The molecule has 1 amide bonds. The first-order chi connectivity index (χ1) is 15.4. The van der Waals surface area contributed by atoms with Crippen molar-refractivity contribution in [1.29, 1.82) is 0 Å². The van der Waals surface area contributed by atoms with Gasteiger partial charge in [0.1, 0.15) is 0 Å². The Balaban J connectivity index is 1.24. The van der Waals surface area contributed by atoms with E-state index in [1.54, 1.807) is 0 Å². The summed E-state index contributed by atoms with van der Waals surface area (Å²) in [6.45, 7) is 2.88. The standard InChI is InChI=1S/C26H38ClN3O2/c27-23-4-3-18(15-30(8-9-31)17-26(28)6-7-26)12-22(23)24(32)29-16-25-5-1-2-20-10-19(13-25)11-21(20)14-25/h3-4,12,19-21,31H,1-2,5-11,13-17,28H2,(H,29,32)/t19?,20-,21?,25?/m1/s1. The SMILES string of the molecule is NC1(CN(CCO)Cc2ccc(Cl)c(C(=O)NCC34CCC[C@@H]5CC(CC5C3)C4)c2)CC1. The number of aliphatic hydroxyl groups excluding tert-OH is 1. The zero-order chi connectivity index (χ0) is 22.3. The smallest absolute Gasteiger partial charge is 0.252 e. The summed E-state index contributed by atoms with van der Waals surface area (Å²) in [5.41, 5.74) is 8.06. The van der Waals surface area contributed by atoms with Gasteiger partial charge in [-0.1, -0.05) is 30.5 Å². The third-order valence-corrected chi connectivity index (χ3v) is 9.12. The summed E-state index contributed by atoms with van der Waals surface area (Å²) >= 11 is 6.45. The van der Waals surface area contributed by atoms with Crippen LogP contribution in [0.5, 0.6) is 0 Å². The molecule has 4 aliphatic rings. The molecule has 1 aromatic carbocycles. The van der Waals surface area contributed by atoms with Crippen LogP contribution in [-0.4, -0.2) is 47.7 Å². The molecule has 176 valence electrons. The van der Waals surface area contributed by atoms with E-state index >= 15 is 0 Å².